The molecule has 2 amide bonds. The molecule has 1 spiro atoms. The van der Waals surface area contributed by atoms with Crippen molar-refractivity contribution in [3.05, 3.63) is 47.4 Å². The van der Waals surface area contributed by atoms with Crippen molar-refractivity contribution in [1.29, 1.82) is 0 Å². The Morgan fingerprint density at radius 2 is 2.06 bits per heavy atom. The van der Waals surface area contributed by atoms with E-state index < -0.39 is 0 Å². The zero-order valence-electron chi connectivity index (χ0n) is 18.9. The number of likely N-dealkylation sites (tertiary alicyclic amines) is 2. The summed E-state index contributed by atoms with van der Waals surface area (Å²) in [7, 11) is 0. The number of nitrogens with zero attached hydrogens (tertiary/aromatic N) is 4. The molecule has 176 valence electrons. The number of hydrogen-bond acceptors (Lipinski definition) is 6. The van der Waals surface area contributed by atoms with Gasteiger partial charge in [-0.1, -0.05) is 17.3 Å². The van der Waals surface area contributed by atoms with Crippen molar-refractivity contribution in [3.63, 3.8) is 0 Å². The first-order chi connectivity index (χ1) is 15.9. The molecule has 1 aromatic heterocycles. The zero-order chi connectivity index (χ0) is 23.0. The number of carbonyl (C=O) groups excluding carboxylic acids is 2. The molecule has 1 aromatic carbocycles. The van der Waals surface area contributed by atoms with Gasteiger partial charge in [-0.05, 0) is 62.1 Å². The number of hydrogen-bond donors (Lipinski definition) is 1. The third-order valence-electron chi connectivity index (χ3n) is 7.22. The maximum Gasteiger partial charge on any atom is 0.244 e. The third kappa shape index (κ3) is 4.93. The van der Waals surface area contributed by atoms with Gasteiger partial charge in [0.15, 0.2) is 5.82 Å². The van der Waals surface area contributed by atoms with E-state index in [2.05, 4.69) is 20.4 Å². The lowest BCUT2D eigenvalue weighted by molar-refractivity contribution is -0.134. The molecule has 2 saturated heterocycles. The number of aryl methyl sites for hydroxylation is 1. The van der Waals surface area contributed by atoms with Gasteiger partial charge in [-0.25, -0.2) is 4.39 Å². The van der Waals surface area contributed by atoms with Gasteiger partial charge in [-0.15, -0.1) is 0 Å². The van der Waals surface area contributed by atoms with E-state index in [-0.39, 0.29) is 42.2 Å². The molecule has 1 unspecified atom stereocenters. The van der Waals surface area contributed by atoms with Crippen molar-refractivity contribution >= 4 is 11.8 Å². The van der Waals surface area contributed by atoms with Crippen molar-refractivity contribution in [1.82, 2.24) is 25.3 Å². The second-order valence-electron chi connectivity index (χ2n) is 9.81. The average molecular weight is 456 g/mol. The predicted octanol–water partition coefficient (Wildman–Crippen LogP) is 2.60. The number of nitrogens with one attached hydrogen (secondary N) is 1. The van der Waals surface area contributed by atoms with Gasteiger partial charge in [0.05, 0.1) is 12.6 Å². The van der Waals surface area contributed by atoms with Crippen LogP contribution in [0.25, 0.3) is 0 Å². The maximum absolute atomic E-state index is 13.4. The third-order valence-corrected chi connectivity index (χ3v) is 7.22. The molecular weight excluding hydrogens is 425 g/mol. The smallest absolute Gasteiger partial charge is 0.244 e. The Labute approximate surface area is 192 Å². The molecule has 3 aliphatic rings. The Morgan fingerprint density at radius 1 is 1.27 bits per heavy atom. The minimum atomic E-state index is -0.318. The fraction of sp³-hybridized carbons (Fsp3) is 0.583. The van der Waals surface area contributed by atoms with Crippen LogP contribution >= 0.6 is 0 Å². The zero-order valence-corrected chi connectivity index (χ0v) is 18.9. The van der Waals surface area contributed by atoms with Crippen LogP contribution in [0.2, 0.25) is 0 Å². The Hall–Kier alpha value is -2.81. The molecule has 2 aliphatic heterocycles. The highest BCUT2D eigenvalue weighted by Gasteiger charge is 2.49. The number of benzene rings is 1. The summed E-state index contributed by atoms with van der Waals surface area (Å²) < 4.78 is 18.9. The first kappa shape index (κ1) is 22.0. The van der Waals surface area contributed by atoms with Crippen LogP contribution in [0.3, 0.4) is 0 Å². The van der Waals surface area contributed by atoms with E-state index in [1.165, 1.54) is 12.1 Å². The topological polar surface area (TPSA) is 91.6 Å². The summed E-state index contributed by atoms with van der Waals surface area (Å²) in [5.41, 5.74) is 0.744. The summed E-state index contributed by atoms with van der Waals surface area (Å²) in [4.78, 5) is 33.8. The lowest BCUT2D eigenvalue weighted by atomic mass is 9.76. The highest BCUT2D eigenvalue weighted by Crippen LogP contribution is 2.49. The number of rotatable bonds is 6. The van der Waals surface area contributed by atoms with Crippen LogP contribution in [0.5, 0.6) is 0 Å². The van der Waals surface area contributed by atoms with Gasteiger partial charge in [0.25, 0.3) is 0 Å². The molecule has 3 heterocycles. The highest BCUT2D eigenvalue weighted by atomic mass is 19.1. The van der Waals surface area contributed by atoms with Gasteiger partial charge in [0, 0.05) is 32.1 Å². The molecule has 2 aromatic rings. The van der Waals surface area contributed by atoms with Gasteiger partial charge >= 0.3 is 0 Å². The fourth-order valence-electron chi connectivity index (χ4n) is 5.24. The first-order valence-corrected chi connectivity index (χ1v) is 11.7. The van der Waals surface area contributed by atoms with Crippen molar-refractivity contribution in [2.75, 3.05) is 26.2 Å². The molecule has 9 heteroatoms. The minimum Gasteiger partial charge on any atom is -0.351 e. The Balaban J connectivity index is 1.24. The summed E-state index contributed by atoms with van der Waals surface area (Å²) in [6.07, 6.45) is 4.71. The second kappa shape index (κ2) is 8.85. The number of aromatic nitrogens is 2. The second-order valence-corrected chi connectivity index (χ2v) is 9.81. The summed E-state index contributed by atoms with van der Waals surface area (Å²) in [6.45, 7) is 4.55. The van der Waals surface area contributed by atoms with Gasteiger partial charge in [-0.2, -0.15) is 4.98 Å². The van der Waals surface area contributed by atoms with E-state index in [1.54, 1.807) is 19.1 Å². The van der Waals surface area contributed by atoms with Gasteiger partial charge in [-0.3, -0.25) is 14.5 Å². The van der Waals surface area contributed by atoms with Crippen molar-refractivity contribution in [2.24, 2.45) is 11.3 Å². The molecule has 1 N–H and O–H groups in total. The molecular formula is C24H30FN5O3. The van der Waals surface area contributed by atoms with Crippen molar-refractivity contribution < 1.29 is 18.5 Å². The molecule has 33 heavy (non-hydrogen) atoms. The number of carbonyl (C=O) groups is 2. The monoisotopic (exact) mass is 455 g/mol. The molecule has 1 aliphatic carbocycles. The van der Waals surface area contributed by atoms with E-state index in [1.807, 2.05) is 4.90 Å². The molecule has 8 nitrogen and oxygen atoms in total. The van der Waals surface area contributed by atoms with E-state index >= 15 is 0 Å². The van der Waals surface area contributed by atoms with Crippen molar-refractivity contribution in [2.45, 2.75) is 51.6 Å². The average Bonchev–Trinajstić information content (AvgIpc) is 3.48. The van der Waals surface area contributed by atoms with Crippen LogP contribution in [-0.2, 0) is 16.1 Å². The Kier molecular flexibility index (Phi) is 5.90. The summed E-state index contributed by atoms with van der Waals surface area (Å²) in [6, 6.07) is 6.10. The Morgan fingerprint density at radius 3 is 2.73 bits per heavy atom. The number of amides is 2. The molecule has 3 fully saturated rings. The van der Waals surface area contributed by atoms with Gasteiger partial charge in [0.2, 0.25) is 17.7 Å². The fourth-order valence-corrected chi connectivity index (χ4v) is 5.24. The highest BCUT2D eigenvalue weighted by molar-refractivity contribution is 5.81. The van der Waals surface area contributed by atoms with Crippen LogP contribution in [0.4, 0.5) is 4.39 Å². The lowest BCUT2D eigenvalue weighted by Gasteiger charge is -2.39. The van der Waals surface area contributed by atoms with Crippen LogP contribution in [-0.4, -0.2) is 57.9 Å². The molecule has 0 radical (unpaired) electrons. The molecule has 5 rings (SSSR count). The van der Waals surface area contributed by atoms with Crippen LogP contribution in [0.1, 0.15) is 55.4 Å². The molecule has 1 atom stereocenters. The maximum atomic E-state index is 13.4. The minimum absolute atomic E-state index is 0.0240. The normalized spacial score (nSPS) is 22.6. The first-order valence-electron chi connectivity index (χ1n) is 11.7. The van der Waals surface area contributed by atoms with E-state index in [0.29, 0.717) is 17.6 Å². The van der Waals surface area contributed by atoms with Crippen LogP contribution in [0.15, 0.2) is 28.8 Å². The SMILES string of the molecule is Cc1noc(C2CC3(CCN(C(=O)C4CC4)CC3)CN2CC(=O)NCc2cccc(F)c2)n1. The van der Waals surface area contributed by atoms with Gasteiger partial charge in [0.1, 0.15) is 5.82 Å². The van der Waals surface area contributed by atoms with E-state index in [9.17, 15) is 14.0 Å². The van der Waals surface area contributed by atoms with E-state index in [0.717, 1.165) is 57.3 Å². The van der Waals surface area contributed by atoms with Crippen LogP contribution in [0, 0.1) is 24.1 Å². The summed E-state index contributed by atoms with van der Waals surface area (Å²) in [5.74, 6) is 1.22. The van der Waals surface area contributed by atoms with Gasteiger partial charge < -0.3 is 14.7 Å². The van der Waals surface area contributed by atoms with Crippen LogP contribution < -0.4 is 5.32 Å². The molecule has 1 saturated carbocycles. The summed E-state index contributed by atoms with van der Waals surface area (Å²) >= 11 is 0. The quantitative estimate of drug-likeness (QED) is 0.720. The lowest BCUT2D eigenvalue weighted by Crippen LogP contribution is -2.45. The van der Waals surface area contributed by atoms with Crippen molar-refractivity contribution in [3.8, 4) is 0 Å². The predicted molar refractivity (Wildman–Crippen MR) is 117 cm³/mol. The summed E-state index contributed by atoms with van der Waals surface area (Å²) in [5, 5.41) is 6.85. The Bertz CT molecular complexity index is 1030. The number of halogens is 1. The van der Waals surface area contributed by atoms with E-state index in [4.69, 9.17) is 4.52 Å². The number of piperidine rings is 1. The molecule has 0 bridgehead atoms. The standard InChI is InChI=1S/C24H30FN5O3/c1-16-27-22(33-28-16)20-12-24(7-9-29(10-8-24)23(32)18-5-6-18)15-30(20)14-21(31)26-13-17-3-2-4-19(25)11-17/h2-4,11,18,20H,5-10,12-15H2,1H3,(H,26,31). The largest absolute Gasteiger partial charge is 0.351 e.